The standard InChI is InChI=1S/C15H22N2O4/c1-11(2)14(9-17(19)20)21-15(12(3)16-10-18)13-7-5-4-6-8-13/h4-8,10-12,14-15H,9H2,1-3H3,(H,16,18)/t12-,14-,15-/m1/s1. The first-order valence-electron chi connectivity index (χ1n) is 6.97. The lowest BCUT2D eigenvalue weighted by molar-refractivity contribution is -0.494. The molecule has 0 saturated heterocycles. The predicted molar refractivity (Wildman–Crippen MR) is 79.4 cm³/mol. The average Bonchev–Trinajstić information content (AvgIpc) is 2.43. The lowest BCUT2D eigenvalue weighted by Gasteiger charge is -2.29. The third-order valence-electron chi connectivity index (χ3n) is 3.31. The fraction of sp³-hybridized carbons (Fsp3) is 0.533. The number of hydrogen-bond donors (Lipinski definition) is 1. The third kappa shape index (κ3) is 5.51. The molecule has 1 amide bonds. The van der Waals surface area contributed by atoms with Crippen molar-refractivity contribution in [1.82, 2.24) is 5.32 Å². The topological polar surface area (TPSA) is 81.5 Å². The summed E-state index contributed by atoms with van der Waals surface area (Å²) in [6, 6.07) is 9.12. The highest BCUT2D eigenvalue weighted by Gasteiger charge is 2.28. The number of amides is 1. The molecule has 0 bridgehead atoms. The molecule has 6 nitrogen and oxygen atoms in total. The fourth-order valence-corrected chi connectivity index (χ4v) is 2.07. The minimum absolute atomic E-state index is 0.00467. The lowest BCUT2D eigenvalue weighted by Crippen LogP contribution is -2.38. The smallest absolute Gasteiger partial charge is 0.229 e. The fourth-order valence-electron chi connectivity index (χ4n) is 2.07. The molecule has 1 aromatic carbocycles. The van der Waals surface area contributed by atoms with Crippen LogP contribution in [0.3, 0.4) is 0 Å². The van der Waals surface area contributed by atoms with E-state index in [4.69, 9.17) is 4.74 Å². The quantitative estimate of drug-likeness (QED) is 0.430. The number of nitro groups is 1. The normalized spacial score (nSPS) is 15.2. The van der Waals surface area contributed by atoms with Crippen LogP contribution < -0.4 is 5.32 Å². The van der Waals surface area contributed by atoms with E-state index in [0.29, 0.717) is 6.41 Å². The molecular formula is C15H22N2O4. The zero-order valence-corrected chi connectivity index (χ0v) is 12.6. The summed E-state index contributed by atoms with van der Waals surface area (Å²) in [6.45, 7) is 5.33. The summed E-state index contributed by atoms with van der Waals surface area (Å²) in [6.07, 6.45) is -0.327. The summed E-state index contributed by atoms with van der Waals surface area (Å²) < 4.78 is 5.96. The molecule has 1 N–H and O–H groups in total. The molecule has 0 unspecified atom stereocenters. The van der Waals surface area contributed by atoms with Crippen molar-refractivity contribution in [3.8, 4) is 0 Å². The summed E-state index contributed by atoms with van der Waals surface area (Å²) in [5, 5.41) is 13.4. The number of rotatable bonds is 9. The molecule has 1 aromatic rings. The van der Waals surface area contributed by atoms with Crippen LogP contribution in [0.25, 0.3) is 0 Å². The monoisotopic (exact) mass is 294 g/mol. The van der Waals surface area contributed by atoms with Crippen molar-refractivity contribution in [1.29, 1.82) is 0 Å². The van der Waals surface area contributed by atoms with Crippen molar-refractivity contribution in [2.45, 2.75) is 39.0 Å². The van der Waals surface area contributed by atoms with Gasteiger partial charge in [-0.05, 0) is 18.4 Å². The van der Waals surface area contributed by atoms with Gasteiger partial charge in [0, 0.05) is 4.92 Å². The molecule has 116 valence electrons. The summed E-state index contributed by atoms with van der Waals surface area (Å²) in [4.78, 5) is 21.1. The van der Waals surface area contributed by atoms with Crippen molar-refractivity contribution in [2.24, 2.45) is 5.92 Å². The molecule has 0 aliphatic carbocycles. The van der Waals surface area contributed by atoms with Crippen molar-refractivity contribution in [3.63, 3.8) is 0 Å². The number of hydrogen-bond acceptors (Lipinski definition) is 4. The molecule has 0 saturated carbocycles. The summed E-state index contributed by atoms with van der Waals surface area (Å²) in [7, 11) is 0. The Morgan fingerprint density at radius 1 is 1.29 bits per heavy atom. The number of nitrogens with zero attached hydrogens (tertiary/aromatic N) is 1. The van der Waals surface area contributed by atoms with Crippen LogP contribution in [0.5, 0.6) is 0 Å². The van der Waals surface area contributed by atoms with E-state index in [1.165, 1.54) is 0 Å². The Kier molecular flexibility index (Phi) is 6.81. The maximum Gasteiger partial charge on any atom is 0.229 e. The third-order valence-corrected chi connectivity index (χ3v) is 3.31. The maximum absolute atomic E-state index is 10.8. The Morgan fingerprint density at radius 3 is 2.38 bits per heavy atom. The van der Waals surface area contributed by atoms with Gasteiger partial charge in [0.05, 0.1) is 6.04 Å². The maximum atomic E-state index is 10.8. The minimum Gasteiger partial charge on any atom is -0.361 e. The average molecular weight is 294 g/mol. The van der Waals surface area contributed by atoms with Gasteiger partial charge in [-0.3, -0.25) is 14.9 Å². The highest BCUT2D eigenvalue weighted by molar-refractivity contribution is 5.47. The first kappa shape index (κ1) is 17.1. The molecule has 0 aliphatic rings. The van der Waals surface area contributed by atoms with Gasteiger partial charge in [0.1, 0.15) is 12.2 Å². The Labute approximate surface area is 124 Å². The molecule has 0 heterocycles. The van der Waals surface area contributed by atoms with Crippen molar-refractivity contribution in [2.75, 3.05) is 6.54 Å². The van der Waals surface area contributed by atoms with Gasteiger partial charge < -0.3 is 10.1 Å². The summed E-state index contributed by atoms with van der Waals surface area (Å²) >= 11 is 0. The number of ether oxygens (including phenoxy) is 1. The van der Waals surface area contributed by atoms with E-state index < -0.39 is 12.2 Å². The van der Waals surface area contributed by atoms with Gasteiger partial charge in [0.15, 0.2) is 0 Å². The van der Waals surface area contributed by atoms with Gasteiger partial charge in [0.2, 0.25) is 13.0 Å². The van der Waals surface area contributed by atoms with Crippen LogP contribution in [0, 0.1) is 16.0 Å². The Balaban J connectivity index is 2.95. The zero-order chi connectivity index (χ0) is 15.8. The Bertz CT molecular complexity index is 450. The van der Waals surface area contributed by atoms with Gasteiger partial charge in [-0.2, -0.15) is 0 Å². The predicted octanol–water partition coefficient (Wildman–Crippen LogP) is 2.18. The molecule has 21 heavy (non-hydrogen) atoms. The van der Waals surface area contributed by atoms with Crippen LogP contribution in [0.4, 0.5) is 0 Å². The Morgan fingerprint density at radius 2 is 1.90 bits per heavy atom. The molecule has 0 radical (unpaired) electrons. The molecule has 3 atom stereocenters. The van der Waals surface area contributed by atoms with Crippen LogP contribution >= 0.6 is 0 Å². The van der Waals surface area contributed by atoms with Crippen molar-refractivity contribution < 1.29 is 14.5 Å². The van der Waals surface area contributed by atoms with E-state index in [9.17, 15) is 14.9 Å². The number of nitrogens with one attached hydrogen (secondary N) is 1. The second-order valence-electron chi connectivity index (χ2n) is 5.34. The molecule has 1 rings (SSSR count). The van der Waals surface area contributed by atoms with E-state index in [2.05, 4.69) is 5.32 Å². The minimum atomic E-state index is -0.513. The van der Waals surface area contributed by atoms with E-state index in [1.54, 1.807) is 0 Å². The van der Waals surface area contributed by atoms with Gasteiger partial charge >= 0.3 is 0 Å². The van der Waals surface area contributed by atoms with Crippen LogP contribution in [-0.2, 0) is 9.53 Å². The SMILES string of the molecule is CC(C)[C@@H](C[N+](=O)[O-])O[C@@H](c1ccccc1)[C@@H](C)NC=O. The second-order valence-corrected chi connectivity index (χ2v) is 5.34. The highest BCUT2D eigenvalue weighted by atomic mass is 16.6. The van der Waals surface area contributed by atoms with Crippen LogP contribution in [0.1, 0.15) is 32.4 Å². The van der Waals surface area contributed by atoms with Gasteiger partial charge in [-0.25, -0.2) is 0 Å². The molecular weight excluding hydrogens is 272 g/mol. The van der Waals surface area contributed by atoms with E-state index in [1.807, 2.05) is 51.1 Å². The molecule has 0 fully saturated rings. The molecule has 0 aromatic heterocycles. The van der Waals surface area contributed by atoms with E-state index >= 15 is 0 Å². The lowest BCUT2D eigenvalue weighted by atomic mass is 10.0. The number of carbonyl (C=O) groups is 1. The summed E-state index contributed by atoms with van der Waals surface area (Å²) in [5.74, 6) is 0.00467. The van der Waals surface area contributed by atoms with Gasteiger partial charge in [0.25, 0.3) is 0 Å². The number of benzene rings is 1. The van der Waals surface area contributed by atoms with E-state index in [-0.39, 0.29) is 23.4 Å². The van der Waals surface area contributed by atoms with Crippen LogP contribution in [-0.4, -0.2) is 30.0 Å². The zero-order valence-electron chi connectivity index (χ0n) is 12.6. The highest BCUT2D eigenvalue weighted by Crippen LogP contribution is 2.25. The first-order valence-corrected chi connectivity index (χ1v) is 6.97. The number of carbonyl (C=O) groups excluding carboxylic acids is 1. The second kappa shape index (κ2) is 8.36. The molecule has 6 heteroatoms. The van der Waals surface area contributed by atoms with Gasteiger partial charge in [-0.1, -0.05) is 44.2 Å². The van der Waals surface area contributed by atoms with Crippen molar-refractivity contribution >= 4 is 6.41 Å². The largest absolute Gasteiger partial charge is 0.361 e. The van der Waals surface area contributed by atoms with E-state index in [0.717, 1.165) is 5.56 Å². The van der Waals surface area contributed by atoms with Crippen molar-refractivity contribution in [3.05, 3.63) is 46.0 Å². The summed E-state index contributed by atoms with van der Waals surface area (Å²) in [5.41, 5.74) is 0.883. The molecule has 0 aliphatic heterocycles. The van der Waals surface area contributed by atoms with Crippen LogP contribution in [0.15, 0.2) is 30.3 Å². The van der Waals surface area contributed by atoms with Crippen LogP contribution in [0.2, 0.25) is 0 Å². The molecule has 0 spiro atoms. The Hall–Kier alpha value is -1.95. The van der Waals surface area contributed by atoms with Gasteiger partial charge in [-0.15, -0.1) is 0 Å². The first-order chi connectivity index (χ1) is 9.95.